The molecule has 0 radical (unpaired) electrons. The first-order valence-electron chi connectivity index (χ1n) is 8.42. The fraction of sp³-hybridized carbons (Fsp3) is 0.150. The van der Waals surface area contributed by atoms with Gasteiger partial charge in [0.15, 0.2) is 11.4 Å². The van der Waals surface area contributed by atoms with Gasteiger partial charge >= 0.3 is 0 Å². The number of carbonyl (C=O) groups excluding carboxylic acids is 1. The maximum Gasteiger partial charge on any atom is 0.274 e. The lowest BCUT2D eigenvalue weighted by molar-refractivity contribution is 0.102. The molecule has 1 aromatic carbocycles. The SMILES string of the molecule is COc1ccc(C)cc1NC(=O)c1cc(C)n2nc(-c3ccco3)cc2n1. The van der Waals surface area contributed by atoms with Crippen LogP contribution in [0.25, 0.3) is 17.1 Å². The lowest BCUT2D eigenvalue weighted by atomic mass is 10.2. The van der Waals surface area contributed by atoms with Crippen molar-refractivity contribution in [2.24, 2.45) is 0 Å². The number of amides is 1. The summed E-state index contributed by atoms with van der Waals surface area (Å²) < 4.78 is 12.4. The van der Waals surface area contributed by atoms with E-state index in [2.05, 4.69) is 15.4 Å². The van der Waals surface area contributed by atoms with Crippen LogP contribution < -0.4 is 10.1 Å². The van der Waals surface area contributed by atoms with Gasteiger partial charge in [0.05, 0.1) is 19.1 Å². The van der Waals surface area contributed by atoms with E-state index < -0.39 is 0 Å². The van der Waals surface area contributed by atoms with Gasteiger partial charge in [0.25, 0.3) is 5.91 Å². The van der Waals surface area contributed by atoms with E-state index in [0.717, 1.165) is 11.3 Å². The molecule has 1 N–H and O–H groups in total. The predicted octanol–water partition coefficient (Wildman–Crippen LogP) is 3.87. The molecule has 136 valence electrons. The first-order valence-corrected chi connectivity index (χ1v) is 8.42. The van der Waals surface area contributed by atoms with Gasteiger partial charge in [-0.3, -0.25) is 4.79 Å². The number of fused-ring (bicyclic) bond motifs is 1. The minimum Gasteiger partial charge on any atom is -0.495 e. The van der Waals surface area contributed by atoms with Crippen molar-refractivity contribution in [2.45, 2.75) is 13.8 Å². The van der Waals surface area contributed by atoms with E-state index in [1.807, 2.05) is 38.1 Å². The van der Waals surface area contributed by atoms with Crippen LogP contribution in [0, 0.1) is 13.8 Å². The third kappa shape index (κ3) is 3.15. The summed E-state index contributed by atoms with van der Waals surface area (Å²) in [6.07, 6.45) is 1.59. The number of anilines is 1. The van der Waals surface area contributed by atoms with Crippen LogP contribution >= 0.6 is 0 Å². The normalized spacial score (nSPS) is 10.9. The molecular formula is C20H18N4O3. The number of nitrogens with one attached hydrogen (secondary N) is 1. The average Bonchev–Trinajstić information content (AvgIpc) is 3.31. The first kappa shape index (κ1) is 16.8. The molecule has 0 unspecified atom stereocenters. The highest BCUT2D eigenvalue weighted by Crippen LogP contribution is 2.26. The van der Waals surface area contributed by atoms with Crippen LogP contribution in [0.4, 0.5) is 5.69 Å². The molecule has 7 nitrogen and oxygen atoms in total. The summed E-state index contributed by atoms with van der Waals surface area (Å²) >= 11 is 0. The Hall–Kier alpha value is -3.61. The van der Waals surface area contributed by atoms with E-state index in [1.54, 1.807) is 36.1 Å². The Morgan fingerprint density at radius 1 is 1.19 bits per heavy atom. The second-order valence-electron chi connectivity index (χ2n) is 6.22. The Morgan fingerprint density at radius 3 is 2.78 bits per heavy atom. The number of methoxy groups -OCH3 is 1. The summed E-state index contributed by atoms with van der Waals surface area (Å²) in [6, 6.07) is 12.7. The van der Waals surface area contributed by atoms with Gasteiger partial charge in [-0.15, -0.1) is 0 Å². The largest absolute Gasteiger partial charge is 0.495 e. The number of aryl methyl sites for hydroxylation is 2. The molecule has 4 aromatic rings. The molecule has 3 aromatic heterocycles. The molecule has 4 rings (SSSR count). The Labute approximate surface area is 155 Å². The zero-order valence-corrected chi connectivity index (χ0v) is 15.2. The van der Waals surface area contributed by atoms with Gasteiger partial charge in [-0.2, -0.15) is 5.10 Å². The van der Waals surface area contributed by atoms with Crippen molar-refractivity contribution < 1.29 is 13.9 Å². The van der Waals surface area contributed by atoms with Crippen molar-refractivity contribution in [1.82, 2.24) is 14.6 Å². The topological polar surface area (TPSA) is 81.7 Å². The lowest BCUT2D eigenvalue weighted by Crippen LogP contribution is -2.16. The molecule has 0 aliphatic carbocycles. The summed E-state index contributed by atoms with van der Waals surface area (Å²) in [5.74, 6) is 0.928. The maximum atomic E-state index is 12.7. The van der Waals surface area contributed by atoms with Crippen molar-refractivity contribution >= 4 is 17.2 Å². The fourth-order valence-corrected chi connectivity index (χ4v) is 2.89. The molecule has 0 saturated heterocycles. The zero-order valence-electron chi connectivity index (χ0n) is 15.2. The van der Waals surface area contributed by atoms with Crippen LogP contribution in [0.5, 0.6) is 5.75 Å². The van der Waals surface area contributed by atoms with Gasteiger partial charge < -0.3 is 14.5 Å². The van der Waals surface area contributed by atoms with Crippen molar-refractivity contribution in [1.29, 1.82) is 0 Å². The van der Waals surface area contributed by atoms with Gasteiger partial charge in [0.1, 0.15) is 17.1 Å². The van der Waals surface area contributed by atoms with Gasteiger partial charge in [0, 0.05) is 11.8 Å². The van der Waals surface area contributed by atoms with Crippen molar-refractivity contribution in [3.05, 3.63) is 65.7 Å². The highest BCUT2D eigenvalue weighted by atomic mass is 16.5. The third-order valence-electron chi connectivity index (χ3n) is 4.21. The minimum absolute atomic E-state index is 0.300. The van der Waals surface area contributed by atoms with Crippen molar-refractivity contribution in [3.8, 4) is 17.2 Å². The van der Waals surface area contributed by atoms with Crippen LogP contribution in [0.1, 0.15) is 21.7 Å². The standard InChI is InChI=1S/C20H18N4O3/c1-12-6-7-17(26-3)14(9-12)22-20(25)16-10-13(2)24-19(21-16)11-15(23-24)18-5-4-8-27-18/h4-11H,1-3H3,(H,22,25). The monoisotopic (exact) mass is 362 g/mol. The van der Waals surface area contributed by atoms with Crippen LogP contribution in [-0.4, -0.2) is 27.6 Å². The van der Waals surface area contributed by atoms with Gasteiger partial charge in [-0.1, -0.05) is 6.07 Å². The molecule has 0 aliphatic heterocycles. The molecule has 7 heteroatoms. The Kier molecular flexibility index (Phi) is 4.12. The zero-order chi connectivity index (χ0) is 19.0. The highest BCUT2D eigenvalue weighted by Gasteiger charge is 2.16. The smallest absolute Gasteiger partial charge is 0.274 e. The number of aromatic nitrogens is 3. The van der Waals surface area contributed by atoms with Gasteiger partial charge in [0.2, 0.25) is 0 Å². The molecule has 0 fully saturated rings. The maximum absolute atomic E-state index is 12.7. The quantitative estimate of drug-likeness (QED) is 0.596. The summed E-state index contributed by atoms with van der Waals surface area (Å²) in [5, 5.41) is 7.36. The fourth-order valence-electron chi connectivity index (χ4n) is 2.89. The van der Waals surface area contributed by atoms with Crippen molar-refractivity contribution in [2.75, 3.05) is 12.4 Å². The molecule has 1 amide bonds. The molecule has 0 aliphatic rings. The van der Waals surface area contributed by atoms with Crippen LogP contribution in [0.2, 0.25) is 0 Å². The van der Waals surface area contributed by atoms with Crippen LogP contribution in [-0.2, 0) is 0 Å². The number of hydrogen-bond donors (Lipinski definition) is 1. The van der Waals surface area contributed by atoms with E-state index in [0.29, 0.717) is 34.2 Å². The third-order valence-corrected chi connectivity index (χ3v) is 4.21. The highest BCUT2D eigenvalue weighted by molar-refractivity contribution is 6.04. The summed E-state index contributed by atoms with van der Waals surface area (Å²) in [6.45, 7) is 3.82. The van der Waals surface area contributed by atoms with E-state index in [1.165, 1.54) is 0 Å². The molecular weight excluding hydrogens is 344 g/mol. The number of nitrogens with zero attached hydrogens (tertiary/aromatic N) is 3. The Morgan fingerprint density at radius 2 is 2.04 bits per heavy atom. The number of furan rings is 1. The molecule has 0 atom stereocenters. The van der Waals surface area contributed by atoms with Crippen LogP contribution in [0.3, 0.4) is 0 Å². The molecule has 0 bridgehead atoms. The number of rotatable bonds is 4. The molecule has 0 saturated carbocycles. The number of carbonyl (C=O) groups is 1. The lowest BCUT2D eigenvalue weighted by Gasteiger charge is -2.11. The van der Waals surface area contributed by atoms with E-state index in [9.17, 15) is 4.79 Å². The average molecular weight is 362 g/mol. The second-order valence-corrected chi connectivity index (χ2v) is 6.22. The van der Waals surface area contributed by atoms with E-state index in [4.69, 9.17) is 9.15 Å². The van der Waals surface area contributed by atoms with Crippen LogP contribution in [0.15, 0.2) is 53.1 Å². The van der Waals surface area contributed by atoms with E-state index in [-0.39, 0.29) is 5.91 Å². The first-order chi connectivity index (χ1) is 13.0. The van der Waals surface area contributed by atoms with Gasteiger partial charge in [-0.25, -0.2) is 9.50 Å². The number of hydrogen-bond acceptors (Lipinski definition) is 5. The summed E-state index contributed by atoms with van der Waals surface area (Å²) in [7, 11) is 1.57. The molecule has 27 heavy (non-hydrogen) atoms. The summed E-state index contributed by atoms with van der Waals surface area (Å²) in [4.78, 5) is 17.2. The Balaban J connectivity index is 1.69. The number of ether oxygens (including phenoxy) is 1. The van der Waals surface area contributed by atoms with Gasteiger partial charge in [-0.05, 0) is 49.7 Å². The molecule has 0 spiro atoms. The predicted molar refractivity (Wildman–Crippen MR) is 101 cm³/mol. The molecule has 3 heterocycles. The Bertz CT molecular complexity index is 1130. The number of benzene rings is 1. The minimum atomic E-state index is -0.315. The van der Waals surface area contributed by atoms with Crippen molar-refractivity contribution in [3.63, 3.8) is 0 Å². The second kappa shape index (κ2) is 6.60. The summed E-state index contributed by atoms with van der Waals surface area (Å²) in [5.41, 5.74) is 3.95. The van der Waals surface area contributed by atoms with E-state index >= 15 is 0 Å².